The van der Waals surface area contributed by atoms with E-state index in [2.05, 4.69) is 4.99 Å². The molecule has 33 heavy (non-hydrogen) atoms. The molecular weight excluding hydrogens is 414 g/mol. The number of rotatable bonds is 9. The van der Waals surface area contributed by atoms with Crippen LogP contribution < -0.4 is 0 Å². The molecule has 2 heterocycles. The Labute approximate surface area is 193 Å². The van der Waals surface area contributed by atoms with Crippen LogP contribution in [0.15, 0.2) is 84.0 Å². The fraction of sp³-hybridized carbons (Fsp3) is 0.259. The van der Waals surface area contributed by atoms with E-state index in [1.807, 2.05) is 86.7 Å². The van der Waals surface area contributed by atoms with Crippen molar-refractivity contribution in [2.45, 2.75) is 37.8 Å². The van der Waals surface area contributed by atoms with E-state index in [9.17, 15) is 9.90 Å². The highest BCUT2D eigenvalue weighted by Gasteiger charge is 2.52. The van der Waals surface area contributed by atoms with Gasteiger partial charge in [-0.3, -0.25) is 4.99 Å². The van der Waals surface area contributed by atoms with E-state index in [0.29, 0.717) is 12.2 Å². The molecule has 6 heteroatoms. The normalized spacial score (nSPS) is 18.8. The van der Waals surface area contributed by atoms with Gasteiger partial charge >= 0.3 is 5.97 Å². The number of nitrogens with zero attached hydrogens (tertiary/aromatic N) is 3. The zero-order valence-corrected chi connectivity index (χ0v) is 18.8. The van der Waals surface area contributed by atoms with Gasteiger partial charge in [0.05, 0.1) is 5.69 Å². The number of hydrogen-bond donors (Lipinski definition) is 1. The molecule has 1 aliphatic heterocycles. The van der Waals surface area contributed by atoms with E-state index in [1.165, 1.54) is 0 Å². The van der Waals surface area contributed by atoms with Crippen LogP contribution in [0.3, 0.4) is 0 Å². The maximum atomic E-state index is 11.5. The van der Waals surface area contributed by atoms with Gasteiger partial charge in [-0.2, -0.15) is 0 Å². The van der Waals surface area contributed by atoms with E-state index < -0.39 is 23.7 Å². The zero-order valence-electron chi connectivity index (χ0n) is 18.8. The van der Waals surface area contributed by atoms with Crippen molar-refractivity contribution in [2.75, 3.05) is 6.61 Å². The number of aliphatic carboxylic acids is 1. The molecule has 1 aliphatic rings. The Bertz CT molecular complexity index is 1160. The fourth-order valence-electron chi connectivity index (χ4n) is 4.34. The van der Waals surface area contributed by atoms with Crippen LogP contribution in [0.5, 0.6) is 0 Å². The third-order valence-electron chi connectivity index (χ3n) is 5.99. The Hall–Kier alpha value is -3.64. The first-order valence-corrected chi connectivity index (χ1v) is 11.1. The summed E-state index contributed by atoms with van der Waals surface area (Å²) < 4.78 is 6.15. The predicted octanol–water partition coefficient (Wildman–Crippen LogP) is 5.31. The van der Waals surface area contributed by atoms with Crippen molar-refractivity contribution in [2.24, 2.45) is 4.99 Å². The average molecular weight is 442 g/mol. The molecule has 0 saturated heterocycles. The fourth-order valence-corrected chi connectivity index (χ4v) is 4.34. The smallest absolute Gasteiger partial charge is 0.329 e. The highest BCUT2D eigenvalue weighted by Crippen LogP contribution is 2.45. The first kappa shape index (κ1) is 22.6. The van der Waals surface area contributed by atoms with Crippen molar-refractivity contribution < 1.29 is 14.6 Å². The van der Waals surface area contributed by atoms with Crippen molar-refractivity contribution in [1.29, 1.82) is 0 Å². The lowest BCUT2D eigenvalue weighted by Gasteiger charge is -2.42. The SMILES string of the molecule is CCCC(OCC(=O)O)(c1ncc(-c2ccccc2)c(-c2ccccc2)n1)C1(C)C=CC=N1. The molecule has 0 aliphatic carbocycles. The van der Waals surface area contributed by atoms with Crippen molar-refractivity contribution >= 4 is 12.2 Å². The zero-order chi connectivity index (χ0) is 23.3. The third kappa shape index (κ3) is 4.34. The molecule has 3 aromatic rings. The minimum atomic E-state index is -1.14. The van der Waals surface area contributed by atoms with Crippen molar-refractivity contribution in [1.82, 2.24) is 9.97 Å². The van der Waals surface area contributed by atoms with Crippen LogP contribution in [0.25, 0.3) is 22.4 Å². The van der Waals surface area contributed by atoms with Crippen molar-refractivity contribution in [3.8, 4) is 22.4 Å². The van der Waals surface area contributed by atoms with Gasteiger partial charge in [0.1, 0.15) is 12.1 Å². The quantitative estimate of drug-likeness (QED) is 0.487. The van der Waals surface area contributed by atoms with E-state index in [4.69, 9.17) is 14.7 Å². The van der Waals surface area contributed by atoms with Crippen LogP contribution >= 0.6 is 0 Å². The largest absolute Gasteiger partial charge is 0.480 e. The standard InChI is InChI=1S/C27H27N3O3/c1-3-15-27(33-19-23(31)32,26(2)16-10-17-29-26)25-28-18-22(20-11-6-4-7-12-20)24(30-25)21-13-8-5-9-14-21/h4-14,16-18H,3,15,19H2,1-2H3,(H,31,32). The molecule has 0 bridgehead atoms. The molecule has 2 atom stereocenters. The van der Waals surface area contributed by atoms with Gasteiger partial charge in [-0.05, 0) is 25.0 Å². The molecule has 2 unspecified atom stereocenters. The minimum absolute atomic E-state index is 0.426. The first-order valence-electron chi connectivity index (χ1n) is 11.1. The van der Waals surface area contributed by atoms with E-state index in [1.54, 1.807) is 12.4 Å². The van der Waals surface area contributed by atoms with Gasteiger partial charge in [-0.25, -0.2) is 14.8 Å². The highest BCUT2D eigenvalue weighted by atomic mass is 16.5. The Kier molecular flexibility index (Phi) is 6.47. The first-order chi connectivity index (χ1) is 16.0. The summed E-state index contributed by atoms with van der Waals surface area (Å²) in [6, 6.07) is 19.9. The number of carboxylic acids is 1. The lowest BCUT2D eigenvalue weighted by atomic mass is 9.77. The summed E-state index contributed by atoms with van der Waals surface area (Å²) in [5, 5.41) is 9.42. The Morgan fingerprint density at radius 1 is 1.06 bits per heavy atom. The lowest BCUT2D eigenvalue weighted by Crippen LogP contribution is -2.50. The van der Waals surface area contributed by atoms with E-state index in [-0.39, 0.29) is 0 Å². The molecule has 1 N–H and O–H groups in total. The molecule has 0 spiro atoms. The van der Waals surface area contributed by atoms with Crippen LogP contribution in [0.1, 0.15) is 32.5 Å². The molecule has 6 nitrogen and oxygen atoms in total. The number of carbonyl (C=O) groups is 1. The molecule has 0 amide bonds. The summed E-state index contributed by atoms with van der Waals surface area (Å²) in [7, 11) is 0. The van der Waals surface area contributed by atoms with Crippen molar-refractivity contribution in [3.05, 3.63) is 84.8 Å². The van der Waals surface area contributed by atoms with Gasteiger partial charge in [-0.15, -0.1) is 0 Å². The predicted molar refractivity (Wildman–Crippen MR) is 129 cm³/mol. The van der Waals surface area contributed by atoms with Gasteiger partial charge in [0.15, 0.2) is 11.4 Å². The van der Waals surface area contributed by atoms with Gasteiger partial charge < -0.3 is 9.84 Å². The molecule has 168 valence electrons. The molecule has 1 aromatic heterocycles. The van der Waals surface area contributed by atoms with Crippen LogP contribution in [-0.2, 0) is 15.1 Å². The Balaban J connectivity index is 1.95. The summed E-state index contributed by atoms with van der Waals surface area (Å²) in [6.45, 7) is 3.49. The maximum Gasteiger partial charge on any atom is 0.329 e. The molecule has 0 radical (unpaired) electrons. The van der Waals surface area contributed by atoms with Gasteiger partial charge in [-0.1, -0.05) is 80.1 Å². The minimum Gasteiger partial charge on any atom is -0.480 e. The second kappa shape index (κ2) is 9.46. The van der Waals surface area contributed by atoms with Crippen molar-refractivity contribution in [3.63, 3.8) is 0 Å². The summed E-state index contributed by atoms with van der Waals surface area (Å²) in [4.78, 5) is 26.0. The summed E-state index contributed by atoms with van der Waals surface area (Å²) in [6.07, 6.45) is 8.55. The maximum absolute atomic E-state index is 11.5. The van der Waals surface area contributed by atoms with Crippen LogP contribution in [-0.4, -0.2) is 39.4 Å². The number of aromatic nitrogens is 2. The van der Waals surface area contributed by atoms with E-state index in [0.717, 1.165) is 28.8 Å². The second-order valence-corrected chi connectivity index (χ2v) is 8.23. The molecule has 0 saturated carbocycles. The number of hydrogen-bond acceptors (Lipinski definition) is 5. The third-order valence-corrected chi connectivity index (χ3v) is 5.99. The summed E-state index contributed by atoms with van der Waals surface area (Å²) in [5.41, 5.74) is 1.63. The molecular formula is C27H27N3O3. The van der Waals surface area contributed by atoms with Gasteiger partial charge in [0.2, 0.25) is 0 Å². The molecule has 2 aromatic carbocycles. The van der Waals surface area contributed by atoms with Gasteiger partial charge in [0, 0.05) is 23.5 Å². The topological polar surface area (TPSA) is 84.7 Å². The number of allylic oxidation sites excluding steroid dienone is 1. The average Bonchev–Trinajstić information content (AvgIpc) is 3.30. The number of ether oxygens (including phenoxy) is 1. The number of aliphatic imine (C=N–C) groups is 1. The lowest BCUT2D eigenvalue weighted by molar-refractivity contribution is -0.157. The van der Waals surface area contributed by atoms with E-state index >= 15 is 0 Å². The van der Waals surface area contributed by atoms with Crippen LogP contribution in [0, 0.1) is 0 Å². The number of benzene rings is 2. The molecule has 4 rings (SSSR count). The second-order valence-electron chi connectivity index (χ2n) is 8.23. The Morgan fingerprint density at radius 3 is 2.30 bits per heavy atom. The van der Waals surface area contributed by atoms with Crippen LogP contribution in [0.4, 0.5) is 0 Å². The van der Waals surface area contributed by atoms with Gasteiger partial charge in [0.25, 0.3) is 0 Å². The monoisotopic (exact) mass is 441 g/mol. The Morgan fingerprint density at radius 2 is 1.73 bits per heavy atom. The summed E-state index contributed by atoms with van der Waals surface area (Å²) >= 11 is 0. The van der Waals surface area contributed by atoms with Crippen LogP contribution in [0.2, 0.25) is 0 Å². The highest BCUT2D eigenvalue weighted by molar-refractivity contribution is 5.80. The number of carboxylic acid groups (broad SMARTS) is 1. The molecule has 0 fully saturated rings. The summed E-state index contributed by atoms with van der Waals surface area (Å²) in [5.74, 6) is -0.621.